The number of unbranched alkanes of at least 4 members (excludes halogenated alkanes) is 7. The molecule has 1 atom stereocenters. The summed E-state index contributed by atoms with van der Waals surface area (Å²) < 4.78 is 0. The van der Waals surface area contributed by atoms with Crippen molar-refractivity contribution in [2.24, 2.45) is 5.92 Å². The van der Waals surface area contributed by atoms with Gasteiger partial charge in [-0.3, -0.25) is 0 Å². The van der Waals surface area contributed by atoms with Crippen molar-refractivity contribution in [1.82, 2.24) is 0 Å². The number of hydrogen-bond acceptors (Lipinski definition) is 2. The zero-order valence-electron chi connectivity index (χ0n) is 11.0. The summed E-state index contributed by atoms with van der Waals surface area (Å²) in [6.07, 6.45) is 12.3. The lowest BCUT2D eigenvalue weighted by Gasteiger charge is -2.10. The fourth-order valence-electron chi connectivity index (χ4n) is 2.03. The quantitative estimate of drug-likeness (QED) is 0.504. The molecule has 0 radical (unpaired) electrons. The Labute approximate surface area is 101 Å². The third-order valence-corrected chi connectivity index (χ3v) is 3.36. The molecule has 2 N–H and O–H groups in total. The second-order valence-corrected chi connectivity index (χ2v) is 4.80. The standard InChI is InChI=1S/C14H30O2/c1-2-14(13-16)11-9-7-5-3-4-6-8-10-12-15/h14-16H,2-13H2,1H3. The second kappa shape index (κ2) is 13.0. The molecule has 0 aromatic heterocycles. The minimum absolute atomic E-state index is 0.347. The zero-order chi connectivity index (χ0) is 12.1. The van der Waals surface area contributed by atoms with Crippen molar-refractivity contribution in [1.29, 1.82) is 0 Å². The van der Waals surface area contributed by atoms with E-state index in [1.54, 1.807) is 0 Å². The molecule has 1 unspecified atom stereocenters. The van der Waals surface area contributed by atoms with Crippen molar-refractivity contribution in [2.75, 3.05) is 13.2 Å². The Bertz CT molecular complexity index is 122. The van der Waals surface area contributed by atoms with Crippen LogP contribution < -0.4 is 0 Å². The first kappa shape index (κ1) is 15.9. The van der Waals surface area contributed by atoms with Gasteiger partial charge in [-0.15, -0.1) is 0 Å². The van der Waals surface area contributed by atoms with E-state index in [1.807, 2.05) is 0 Å². The Hall–Kier alpha value is -0.0800. The van der Waals surface area contributed by atoms with Gasteiger partial charge < -0.3 is 10.2 Å². The average molecular weight is 230 g/mol. The summed E-state index contributed by atoms with van der Waals surface area (Å²) in [5.74, 6) is 0.532. The summed E-state index contributed by atoms with van der Waals surface area (Å²) in [5, 5.41) is 17.6. The van der Waals surface area contributed by atoms with Gasteiger partial charge in [0.2, 0.25) is 0 Å². The number of aliphatic hydroxyl groups excluding tert-OH is 2. The monoisotopic (exact) mass is 230 g/mol. The van der Waals surface area contributed by atoms with Gasteiger partial charge in [-0.1, -0.05) is 58.3 Å². The maximum Gasteiger partial charge on any atom is 0.0459 e. The van der Waals surface area contributed by atoms with Crippen LogP contribution in [-0.4, -0.2) is 23.4 Å². The predicted octanol–water partition coefficient (Wildman–Crippen LogP) is 3.51. The molecule has 0 spiro atoms. The van der Waals surface area contributed by atoms with Crippen LogP contribution >= 0.6 is 0 Å². The first-order chi connectivity index (χ1) is 7.85. The molecule has 0 heterocycles. The predicted molar refractivity (Wildman–Crippen MR) is 69.5 cm³/mol. The SMILES string of the molecule is CCC(CO)CCCCCCCCCCO. The van der Waals surface area contributed by atoms with Crippen LogP contribution in [-0.2, 0) is 0 Å². The molecule has 2 nitrogen and oxygen atoms in total. The van der Waals surface area contributed by atoms with Crippen LogP contribution in [0.25, 0.3) is 0 Å². The highest BCUT2D eigenvalue weighted by Crippen LogP contribution is 2.14. The molecule has 0 aliphatic rings. The Morgan fingerprint density at radius 2 is 1.25 bits per heavy atom. The van der Waals surface area contributed by atoms with Gasteiger partial charge in [0.1, 0.15) is 0 Å². The summed E-state index contributed by atoms with van der Waals surface area (Å²) in [7, 11) is 0. The maximum absolute atomic E-state index is 9.03. The molecule has 0 amide bonds. The summed E-state index contributed by atoms with van der Waals surface area (Å²) in [5.41, 5.74) is 0. The van der Waals surface area contributed by atoms with E-state index < -0.39 is 0 Å². The van der Waals surface area contributed by atoms with Crippen LogP contribution in [0.2, 0.25) is 0 Å². The molecular formula is C14H30O2. The molecule has 2 heteroatoms. The van der Waals surface area contributed by atoms with Gasteiger partial charge in [0.05, 0.1) is 0 Å². The molecule has 0 aromatic rings. The summed E-state index contributed by atoms with van der Waals surface area (Å²) in [4.78, 5) is 0. The van der Waals surface area contributed by atoms with Crippen LogP contribution in [0.5, 0.6) is 0 Å². The normalized spacial score (nSPS) is 12.9. The van der Waals surface area contributed by atoms with Crippen molar-refractivity contribution < 1.29 is 10.2 Å². The van der Waals surface area contributed by atoms with E-state index in [2.05, 4.69) is 6.92 Å². The molecular weight excluding hydrogens is 200 g/mol. The van der Waals surface area contributed by atoms with E-state index in [-0.39, 0.29) is 0 Å². The summed E-state index contributed by atoms with van der Waals surface area (Å²) >= 11 is 0. The third-order valence-electron chi connectivity index (χ3n) is 3.36. The Morgan fingerprint density at radius 3 is 1.69 bits per heavy atom. The van der Waals surface area contributed by atoms with E-state index in [0.29, 0.717) is 19.1 Å². The molecule has 0 fully saturated rings. The summed E-state index contributed by atoms with van der Waals surface area (Å²) in [6.45, 7) is 2.86. The number of aliphatic hydroxyl groups is 2. The maximum atomic E-state index is 9.03. The zero-order valence-corrected chi connectivity index (χ0v) is 11.0. The molecule has 98 valence electrons. The van der Waals surface area contributed by atoms with Crippen molar-refractivity contribution in [3.8, 4) is 0 Å². The Morgan fingerprint density at radius 1 is 0.750 bits per heavy atom. The Kier molecular flexibility index (Phi) is 12.9. The van der Waals surface area contributed by atoms with Crippen LogP contribution in [0.1, 0.15) is 71.1 Å². The van der Waals surface area contributed by atoms with Gasteiger partial charge in [-0.05, 0) is 18.8 Å². The average Bonchev–Trinajstić information content (AvgIpc) is 2.32. The second-order valence-electron chi connectivity index (χ2n) is 4.80. The smallest absolute Gasteiger partial charge is 0.0459 e. The number of rotatable bonds is 12. The highest BCUT2D eigenvalue weighted by molar-refractivity contribution is 4.55. The molecule has 16 heavy (non-hydrogen) atoms. The highest BCUT2D eigenvalue weighted by atomic mass is 16.3. The van der Waals surface area contributed by atoms with E-state index in [9.17, 15) is 0 Å². The van der Waals surface area contributed by atoms with Crippen molar-refractivity contribution in [3.63, 3.8) is 0 Å². The molecule has 0 bridgehead atoms. The molecule has 0 saturated carbocycles. The van der Waals surface area contributed by atoms with Gasteiger partial charge >= 0.3 is 0 Å². The topological polar surface area (TPSA) is 40.5 Å². The number of hydrogen-bond donors (Lipinski definition) is 2. The van der Waals surface area contributed by atoms with E-state index >= 15 is 0 Å². The molecule has 0 aliphatic carbocycles. The first-order valence-corrected chi connectivity index (χ1v) is 7.06. The molecule has 0 aliphatic heterocycles. The highest BCUT2D eigenvalue weighted by Gasteiger charge is 2.03. The van der Waals surface area contributed by atoms with Crippen LogP contribution in [0, 0.1) is 5.92 Å². The Balaban J connectivity index is 3.03. The lowest BCUT2D eigenvalue weighted by molar-refractivity contribution is 0.211. The van der Waals surface area contributed by atoms with Crippen molar-refractivity contribution in [2.45, 2.75) is 71.1 Å². The van der Waals surface area contributed by atoms with Crippen molar-refractivity contribution in [3.05, 3.63) is 0 Å². The fourth-order valence-corrected chi connectivity index (χ4v) is 2.03. The van der Waals surface area contributed by atoms with Crippen LogP contribution in [0.4, 0.5) is 0 Å². The van der Waals surface area contributed by atoms with Crippen LogP contribution in [0.3, 0.4) is 0 Å². The largest absolute Gasteiger partial charge is 0.396 e. The lowest BCUT2D eigenvalue weighted by atomic mass is 9.98. The van der Waals surface area contributed by atoms with E-state index in [0.717, 1.165) is 12.8 Å². The lowest BCUT2D eigenvalue weighted by Crippen LogP contribution is -2.03. The fraction of sp³-hybridized carbons (Fsp3) is 1.00. The molecule has 0 saturated heterocycles. The first-order valence-electron chi connectivity index (χ1n) is 7.06. The van der Waals surface area contributed by atoms with Gasteiger partial charge in [0, 0.05) is 13.2 Å². The van der Waals surface area contributed by atoms with Crippen molar-refractivity contribution >= 4 is 0 Å². The minimum Gasteiger partial charge on any atom is -0.396 e. The van der Waals surface area contributed by atoms with Gasteiger partial charge in [-0.2, -0.15) is 0 Å². The molecule has 0 aromatic carbocycles. The van der Waals surface area contributed by atoms with Crippen LogP contribution in [0.15, 0.2) is 0 Å². The molecule has 0 rings (SSSR count). The third kappa shape index (κ3) is 10.4. The van der Waals surface area contributed by atoms with Gasteiger partial charge in [0.25, 0.3) is 0 Å². The van der Waals surface area contributed by atoms with E-state index in [1.165, 1.54) is 51.4 Å². The summed E-state index contributed by atoms with van der Waals surface area (Å²) in [6, 6.07) is 0. The van der Waals surface area contributed by atoms with Gasteiger partial charge in [-0.25, -0.2) is 0 Å². The van der Waals surface area contributed by atoms with Gasteiger partial charge in [0.15, 0.2) is 0 Å². The minimum atomic E-state index is 0.347. The van der Waals surface area contributed by atoms with E-state index in [4.69, 9.17) is 10.2 Å².